The van der Waals surface area contributed by atoms with Crippen molar-refractivity contribution in [2.24, 2.45) is 0 Å². The number of carbonyl (C=O) groups is 1. The summed E-state index contributed by atoms with van der Waals surface area (Å²) in [5, 5.41) is 3.37. The fraction of sp³-hybridized carbons (Fsp3) is 0.700. The smallest absolute Gasteiger partial charge is 0.343 e. The number of rotatable bonds is 1. The SMILES string of the molecule is CC(=O)N1CCC(c2noc(C(F)(F)F)n2)CC1. The lowest BCUT2D eigenvalue weighted by molar-refractivity contribution is -0.159. The zero-order valence-electron chi connectivity index (χ0n) is 9.70. The van der Waals surface area contributed by atoms with Crippen molar-refractivity contribution >= 4 is 5.91 Å². The zero-order valence-corrected chi connectivity index (χ0v) is 9.70. The summed E-state index contributed by atoms with van der Waals surface area (Å²) in [6.07, 6.45) is -3.50. The average Bonchev–Trinajstić information content (AvgIpc) is 2.78. The highest BCUT2D eigenvalue weighted by Crippen LogP contribution is 2.31. The van der Waals surface area contributed by atoms with E-state index in [9.17, 15) is 18.0 Å². The third kappa shape index (κ3) is 2.62. The molecule has 1 aromatic rings. The van der Waals surface area contributed by atoms with E-state index in [0.717, 1.165) is 0 Å². The number of aromatic nitrogens is 2. The summed E-state index contributed by atoms with van der Waals surface area (Å²) in [5.41, 5.74) is 0. The Morgan fingerprint density at radius 3 is 2.44 bits per heavy atom. The standard InChI is InChI=1S/C10H12F3N3O2/c1-6(17)16-4-2-7(3-5-16)8-14-9(18-15-8)10(11,12)13/h7H,2-5H2,1H3. The Balaban J connectivity index is 2.02. The molecule has 1 saturated heterocycles. The van der Waals surface area contributed by atoms with Gasteiger partial charge in [-0.15, -0.1) is 0 Å². The number of hydrogen-bond acceptors (Lipinski definition) is 4. The third-order valence-corrected chi connectivity index (χ3v) is 2.99. The van der Waals surface area contributed by atoms with Crippen molar-refractivity contribution in [3.63, 3.8) is 0 Å². The van der Waals surface area contributed by atoms with Crippen LogP contribution in [0.5, 0.6) is 0 Å². The van der Waals surface area contributed by atoms with Crippen LogP contribution in [0.1, 0.15) is 37.4 Å². The lowest BCUT2D eigenvalue weighted by atomic mass is 9.96. The first-order valence-corrected chi connectivity index (χ1v) is 5.54. The summed E-state index contributed by atoms with van der Waals surface area (Å²) in [5.74, 6) is -1.45. The number of hydrogen-bond donors (Lipinski definition) is 0. The molecule has 2 rings (SSSR count). The quantitative estimate of drug-likeness (QED) is 0.775. The molecule has 5 nitrogen and oxygen atoms in total. The van der Waals surface area contributed by atoms with Crippen molar-refractivity contribution in [2.45, 2.75) is 31.9 Å². The molecule has 8 heteroatoms. The number of amides is 1. The van der Waals surface area contributed by atoms with Gasteiger partial charge in [-0.3, -0.25) is 4.79 Å². The molecule has 1 aliphatic heterocycles. The molecule has 1 fully saturated rings. The Morgan fingerprint density at radius 2 is 2.00 bits per heavy atom. The second kappa shape index (κ2) is 4.58. The molecule has 100 valence electrons. The Hall–Kier alpha value is -1.60. The van der Waals surface area contributed by atoms with E-state index in [1.54, 1.807) is 4.90 Å². The van der Waals surface area contributed by atoms with Crippen molar-refractivity contribution in [3.05, 3.63) is 11.7 Å². The van der Waals surface area contributed by atoms with Crippen LogP contribution in [0.3, 0.4) is 0 Å². The minimum atomic E-state index is -4.61. The monoisotopic (exact) mass is 263 g/mol. The van der Waals surface area contributed by atoms with Gasteiger partial charge in [0.05, 0.1) is 0 Å². The maximum atomic E-state index is 12.3. The van der Waals surface area contributed by atoms with Crippen LogP contribution in [0.25, 0.3) is 0 Å². The van der Waals surface area contributed by atoms with E-state index in [0.29, 0.717) is 25.9 Å². The molecule has 1 aliphatic rings. The lowest BCUT2D eigenvalue weighted by Gasteiger charge is -2.29. The molecular formula is C10H12F3N3O2. The Morgan fingerprint density at radius 1 is 1.39 bits per heavy atom. The van der Waals surface area contributed by atoms with E-state index in [1.807, 2.05) is 0 Å². The van der Waals surface area contributed by atoms with Crippen LogP contribution in [0, 0.1) is 0 Å². The fourth-order valence-corrected chi connectivity index (χ4v) is 1.97. The van der Waals surface area contributed by atoms with Gasteiger partial charge in [0.15, 0.2) is 5.82 Å². The predicted molar refractivity (Wildman–Crippen MR) is 53.5 cm³/mol. The molecule has 0 radical (unpaired) electrons. The van der Waals surface area contributed by atoms with Gasteiger partial charge in [-0.25, -0.2) is 0 Å². The van der Waals surface area contributed by atoms with Gasteiger partial charge in [0.25, 0.3) is 0 Å². The van der Waals surface area contributed by atoms with Crippen LogP contribution in [0.15, 0.2) is 4.52 Å². The first-order chi connectivity index (χ1) is 8.38. The van der Waals surface area contributed by atoms with Crippen LogP contribution >= 0.6 is 0 Å². The fourth-order valence-electron chi connectivity index (χ4n) is 1.97. The van der Waals surface area contributed by atoms with Crippen molar-refractivity contribution in [1.29, 1.82) is 0 Å². The Labute approximate surface area is 101 Å². The summed E-state index contributed by atoms with van der Waals surface area (Å²) in [6, 6.07) is 0. The normalized spacial score (nSPS) is 18.1. The number of nitrogens with zero attached hydrogens (tertiary/aromatic N) is 3. The van der Waals surface area contributed by atoms with Gasteiger partial charge >= 0.3 is 12.1 Å². The molecule has 0 aromatic carbocycles. The van der Waals surface area contributed by atoms with E-state index in [-0.39, 0.29) is 17.6 Å². The van der Waals surface area contributed by atoms with Gasteiger partial charge in [0.2, 0.25) is 5.91 Å². The molecule has 0 bridgehead atoms. The third-order valence-electron chi connectivity index (χ3n) is 2.99. The number of likely N-dealkylation sites (tertiary alicyclic amines) is 1. The maximum Gasteiger partial charge on any atom is 0.471 e. The van der Waals surface area contributed by atoms with Gasteiger partial charge in [-0.2, -0.15) is 18.2 Å². The van der Waals surface area contributed by atoms with Crippen molar-refractivity contribution in [3.8, 4) is 0 Å². The number of carbonyl (C=O) groups excluding carboxylic acids is 1. The molecule has 2 heterocycles. The van der Waals surface area contributed by atoms with Crippen molar-refractivity contribution in [2.75, 3.05) is 13.1 Å². The van der Waals surface area contributed by atoms with Gasteiger partial charge in [0, 0.05) is 25.9 Å². The molecule has 0 spiro atoms. The maximum absolute atomic E-state index is 12.3. The largest absolute Gasteiger partial charge is 0.471 e. The molecule has 0 unspecified atom stereocenters. The van der Waals surface area contributed by atoms with E-state index < -0.39 is 12.1 Å². The van der Waals surface area contributed by atoms with Gasteiger partial charge in [-0.05, 0) is 12.8 Å². The van der Waals surface area contributed by atoms with E-state index >= 15 is 0 Å². The van der Waals surface area contributed by atoms with Crippen molar-refractivity contribution in [1.82, 2.24) is 15.0 Å². The van der Waals surface area contributed by atoms with Crippen LogP contribution in [-0.4, -0.2) is 34.0 Å². The van der Waals surface area contributed by atoms with Crippen LogP contribution in [0.2, 0.25) is 0 Å². The minimum Gasteiger partial charge on any atom is -0.343 e. The van der Waals surface area contributed by atoms with Crippen LogP contribution in [0.4, 0.5) is 13.2 Å². The second-order valence-corrected chi connectivity index (χ2v) is 4.24. The molecular weight excluding hydrogens is 251 g/mol. The molecule has 1 amide bonds. The van der Waals surface area contributed by atoms with Crippen LogP contribution in [-0.2, 0) is 11.0 Å². The summed E-state index contributed by atoms with van der Waals surface area (Å²) in [4.78, 5) is 16.1. The number of alkyl halides is 3. The van der Waals surface area contributed by atoms with Gasteiger partial charge in [0.1, 0.15) is 0 Å². The highest BCUT2D eigenvalue weighted by atomic mass is 19.4. The van der Waals surface area contributed by atoms with Gasteiger partial charge in [-0.1, -0.05) is 5.16 Å². The number of piperidine rings is 1. The average molecular weight is 263 g/mol. The summed E-state index contributed by atoms with van der Waals surface area (Å²) in [6.45, 7) is 2.49. The minimum absolute atomic E-state index is 0.0301. The summed E-state index contributed by atoms with van der Waals surface area (Å²) < 4.78 is 41.1. The Kier molecular flexibility index (Phi) is 3.27. The zero-order chi connectivity index (χ0) is 13.3. The van der Waals surface area contributed by atoms with E-state index in [4.69, 9.17) is 0 Å². The molecule has 18 heavy (non-hydrogen) atoms. The molecule has 0 saturated carbocycles. The summed E-state index contributed by atoms with van der Waals surface area (Å²) in [7, 11) is 0. The topological polar surface area (TPSA) is 59.2 Å². The van der Waals surface area contributed by atoms with Gasteiger partial charge < -0.3 is 9.42 Å². The summed E-state index contributed by atoms with van der Waals surface area (Å²) >= 11 is 0. The molecule has 0 atom stereocenters. The Bertz CT molecular complexity index is 436. The predicted octanol–water partition coefficient (Wildman–Crippen LogP) is 1.81. The molecule has 0 aliphatic carbocycles. The number of halogens is 3. The second-order valence-electron chi connectivity index (χ2n) is 4.24. The molecule has 0 N–H and O–H groups in total. The van der Waals surface area contributed by atoms with E-state index in [2.05, 4.69) is 14.7 Å². The van der Waals surface area contributed by atoms with Crippen LogP contribution < -0.4 is 0 Å². The first-order valence-electron chi connectivity index (χ1n) is 5.54. The highest BCUT2D eigenvalue weighted by Gasteiger charge is 2.39. The van der Waals surface area contributed by atoms with Crippen molar-refractivity contribution < 1.29 is 22.5 Å². The van der Waals surface area contributed by atoms with E-state index in [1.165, 1.54) is 6.92 Å². The highest BCUT2D eigenvalue weighted by molar-refractivity contribution is 5.73. The first kappa shape index (κ1) is 12.8. The molecule has 1 aromatic heterocycles. The lowest BCUT2D eigenvalue weighted by Crippen LogP contribution is -2.36.